The summed E-state index contributed by atoms with van der Waals surface area (Å²) in [6, 6.07) is 8.57. The minimum absolute atomic E-state index is 0.113. The molecular formula is C21H24ClNO3. The molecule has 2 aliphatic rings. The molecule has 0 spiro atoms. The molecule has 0 radical (unpaired) electrons. The van der Waals surface area contributed by atoms with Crippen molar-refractivity contribution in [3.05, 3.63) is 51.5 Å². The van der Waals surface area contributed by atoms with Gasteiger partial charge in [-0.15, -0.1) is 0 Å². The number of aryl methyl sites for hydroxylation is 2. The van der Waals surface area contributed by atoms with Crippen molar-refractivity contribution in [1.29, 1.82) is 0 Å². The second-order valence-corrected chi connectivity index (χ2v) is 7.56. The summed E-state index contributed by atoms with van der Waals surface area (Å²) in [4.78, 5) is 0. The van der Waals surface area contributed by atoms with E-state index in [1.165, 1.54) is 22.4 Å². The largest absolute Gasteiger partial charge is 0.493 e. The Bertz CT molecular complexity index is 852. The Labute approximate surface area is 159 Å². The van der Waals surface area contributed by atoms with Crippen LogP contribution in [-0.4, -0.2) is 20.8 Å². The third kappa shape index (κ3) is 2.72. The van der Waals surface area contributed by atoms with Crippen molar-refractivity contribution in [1.82, 2.24) is 0 Å². The number of anilines is 1. The molecule has 3 atom stereocenters. The Morgan fingerprint density at radius 2 is 1.92 bits per heavy atom. The van der Waals surface area contributed by atoms with Crippen LogP contribution in [0.5, 0.6) is 11.5 Å². The zero-order chi connectivity index (χ0) is 18.4. The fourth-order valence-electron chi connectivity index (χ4n) is 4.40. The molecule has 4 nitrogen and oxygen atoms in total. The van der Waals surface area contributed by atoms with Crippen LogP contribution in [0.15, 0.2) is 24.3 Å². The summed E-state index contributed by atoms with van der Waals surface area (Å²) >= 11 is 6.46. The SMILES string of the molecule is COc1cc([C@@H]2Nc3c(C)cc(C)cc3[C@H]3OCC[C@H]32)cc(Cl)c1OC. The molecule has 0 unspecified atom stereocenters. The molecule has 138 valence electrons. The number of rotatable bonds is 3. The molecule has 1 saturated heterocycles. The predicted molar refractivity (Wildman–Crippen MR) is 104 cm³/mol. The van der Waals surface area contributed by atoms with Crippen LogP contribution < -0.4 is 14.8 Å². The Morgan fingerprint density at radius 3 is 2.65 bits per heavy atom. The van der Waals surface area contributed by atoms with E-state index in [0.717, 1.165) is 18.6 Å². The van der Waals surface area contributed by atoms with E-state index >= 15 is 0 Å². The molecule has 0 amide bonds. The average Bonchev–Trinajstić information content (AvgIpc) is 3.10. The van der Waals surface area contributed by atoms with E-state index in [-0.39, 0.29) is 12.1 Å². The highest BCUT2D eigenvalue weighted by molar-refractivity contribution is 6.32. The zero-order valence-electron chi connectivity index (χ0n) is 15.6. The minimum atomic E-state index is 0.113. The van der Waals surface area contributed by atoms with Crippen molar-refractivity contribution in [2.45, 2.75) is 32.4 Å². The van der Waals surface area contributed by atoms with Gasteiger partial charge in [0.2, 0.25) is 0 Å². The summed E-state index contributed by atoms with van der Waals surface area (Å²) in [7, 11) is 3.24. The quantitative estimate of drug-likeness (QED) is 0.800. The van der Waals surface area contributed by atoms with Crippen molar-refractivity contribution in [2.24, 2.45) is 5.92 Å². The molecule has 26 heavy (non-hydrogen) atoms. The lowest BCUT2D eigenvalue weighted by Gasteiger charge is -2.37. The molecule has 4 rings (SSSR count). The van der Waals surface area contributed by atoms with Gasteiger partial charge in [-0.1, -0.05) is 29.3 Å². The first-order valence-electron chi connectivity index (χ1n) is 8.94. The third-order valence-electron chi connectivity index (χ3n) is 5.50. The second-order valence-electron chi connectivity index (χ2n) is 7.15. The summed E-state index contributed by atoms with van der Waals surface area (Å²) in [5.41, 5.74) is 6.05. The summed E-state index contributed by atoms with van der Waals surface area (Å²) in [6.45, 7) is 5.06. The lowest BCUT2D eigenvalue weighted by atomic mass is 9.79. The maximum absolute atomic E-state index is 6.46. The fraction of sp³-hybridized carbons (Fsp3) is 0.429. The molecule has 1 N–H and O–H groups in total. The molecule has 2 aliphatic heterocycles. The van der Waals surface area contributed by atoms with Crippen LogP contribution in [-0.2, 0) is 4.74 Å². The van der Waals surface area contributed by atoms with E-state index in [9.17, 15) is 0 Å². The van der Waals surface area contributed by atoms with Gasteiger partial charge in [-0.05, 0) is 43.5 Å². The van der Waals surface area contributed by atoms with Gasteiger partial charge in [0.25, 0.3) is 0 Å². The van der Waals surface area contributed by atoms with Crippen LogP contribution in [0.2, 0.25) is 5.02 Å². The molecular weight excluding hydrogens is 350 g/mol. The summed E-state index contributed by atoms with van der Waals surface area (Å²) in [5, 5.41) is 4.32. The number of ether oxygens (including phenoxy) is 3. The third-order valence-corrected chi connectivity index (χ3v) is 5.78. The Balaban J connectivity index is 1.82. The van der Waals surface area contributed by atoms with Crippen LogP contribution in [0.3, 0.4) is 0 Å². The van der Waals surface area contributed by atoms with Crippen molar-refractivity contribution < 1.29 is 14.2 Å². The van der Waals surface area contributed by atoms with Gasteiger partial charge in [0.15, 0.2) is 11.5 Å². The van der Waals surface area contributed by atoms with Crippen LogP contribution in [0.1, 0.15) is 40.8 Å². The molecule has 0 saturated carbocycles. The molecule has 0 aliphatic carbocycles. The number of methoxy groups -OCH3 is 2. The Morgan fingerprint density at radius 1 is 1.12 bits per heavy atom. The predicted octanol–water partition coefficient (Wildman–Crippen LogP) is 5.22. The van der Waals surface area contributed by atoms with Crippen LogP contribution >= 0.6 is 11.6 Å². The highest BCUT2D eigenvalue weighted by Gasteiger charge is 2.42. The van der Waals surface area contributed by atoms with Gasteiger partial charge >= 0.3 is 0 Å². The van der Waals surface area contributed by atoms with Crippen LogP contribution in [0.4, 0.5) is 5.69 Å². The van der Waals surface area contributed by atoms with Crippen molar-refractivity contribution in [3.8, 4) is 11.5 Å². The van der Waals surface area contributed by atoms with Gasteiger partial charge in [0.1, 0.15) is 0 Å². The van der Waals surface area contributed by atoms with Gasteiger partial charge in [-0.2, -0.15) is 0 Å². The number of hydrogen-bond donors (Lipinski definition) is 1. The summed E-state index contributed by atoms with van der Waals surface area (Å²) in [5.74, 6) is 1.58. The van der Waals surface area contributed by atoms with Crippen molar-refractivity contribution in [3.63, 3.8) is 0 Å². The Kier molecular flexibility index (Phi) is 4.49. The molecule has 0 bridgehead atoms. The molecule has 0 aromatic heterocycles. The molecule has 2 aromatic carbocycles. The molecule has 2 heterocycles. The second kappa shape index (κ2) is 6.67. The molecule has 1 fully saturated rings. The van der Waals surface area contributed by atoms with E-state index in [0.29, 0.717) is 22.4 Å². The zero-order valence-corrected chi connectivity index (χ0v) is 16.3. The van der Waals surface area contributed by atoms with E-state index < -0.39 is 0 Å². The van der Waals surface area contributed by atoms with E-state index in [1.54, 1.807) is 14.2 Å². The number of nitrogens with one attached hydrogen (secondary N) is 1. The number of benzene rings is 2. The Hall–Kier alpha value is -1.91. The first-order valence-corrected chi connectivity index (χ1v) is 9.32. The van der Waals surface area contributed by atoms with Gasteiger partial charge in [0, 0.05) is 23.8 Å². The number of halogens is 1. The maximum atomic E-state index is 6.46. The first-order chi connectivity index (χ1) is 12.5. The van der Waals surface area contributed by atoms with Gasteiger partial charge in [0.05, 0.1) is 31.4 Å². The van der Waals surface area contributed by atoms with Crippen molar-refractivity contribution in [2.75, 3.05) is 26.1 Å². The lowest BCUT2D eigenvalue weighted by Crippen LogP contribution is -2.30. The average molecular weight is 374 g/mol. The highest BCUT2D eigenvalue weighted by Crippen LogP contribution is 2.52. The highest BCUT2D eigenvalue weighted by atomic mass is 35.5. The van der Waals surface area contributed by atoms with E-state index in [4.69, 9.17) is 25.8 Å². The van der Waals surface area contributed by atoms with Gasteiger partial charge < -0.3 is 19.5 Å². The topological polar surface area (TPSA) is 39.7 Å². The fourth-order valence-corrected chi connectivity index (χ4v) is 4.70. The van der Waals surface area contributed by atoms with E-state index in [1.807, 2.05) is 12.1 Å². The van der Waals surface area contributed by atoms with E-state index in [2.05, 4.69) is 31.3 Å². The monoisotopic (exact) mass is 373 g/mol. The summed E-state index contributed by atoms with van der Waals surface area (Å²) < 4.78 is 17.0. The number of fused-ring (bicyclic) bond motifs is 3. The van der Waals surface area contributed by atoms with Crippen molar-refractivity contribution >= 4 is 17.3 Å². The van der Waals surface area contributed by atoms with Gasteiger partial charge in [-0.25, -0.2) is 0 Å². The van der Waals surface area contributed by atoms with Crippen LogP contribution in [0, 0.1) is 19.8 Å². The smallest absolute Gasteiger partial charge is 0.179 e. The number of hydrogen-bond acceptors (Lipinski definition) is 4. The first kappa shape index (κ1) is 17.5. The standard InChI is InChI=1S/C21H24ClNO3/c1-11-7-12(2)18-15(8-11)20-14(5-6-26-20)19(23-18)13-9-16(22)21(25-4)17(10-13)24-3/h7-10,14,19-20,23H,5-6H2,1-4H3/t14-,19-,20-/m0/s1. The lowest BCUT2D eigenvalue weighted by molar-refractivity contribution is 0.0828. The minimum Gasteiger partial charge on any atom is -0.493 e. The summed E-state index contributed by atoms with van der Waals surface area (Å²) in [6.07, 6.45) is 1.13. The molecule has 2 aromatic rings. The van der Waals surface area contributed by atoms with Crippen LogP contribution in [0.25, 0.3) is 0 Å². The van der Waals surface area contributed by atoms with Gasteiger partial charge in [-0.3, -0.25) is 0 Å². The maximum Gasteiger partial charge on any atom is 0.179 e. The molecule has 5 heteroatoms. The normalized spacial score (nSPS) is 23.8.